The molecule has 1 aromatic carbocycles. The third kappa shape index (κ3) is 2.70. The average molecular weight is 228 g/mol. The van der Waals surface area contributed by atoms with Crippen molar-refractivity contribution in [2.45, 2.75) is 19.9 Å². The molecule has 0 spiro atoms. The van der Waals surface area contributed by atoms with Crippen molar-refractivity contribution in [3.63, 3.8) is 0 Å². The maximum Gasteiger partial charge on any atom is 0.336 e. The second kappa shape index (κ2) is 4.64. The number of aromatic carboxylic acids is 1. The Bertz CT molecular complexity index is 377. The van der Waals surface area contributed by atoms with E-state index in [0.717, 1.165) is 0 Å². The Morgan fingerprint density at radius 1 is 1.47 bits per heavy atom. The molecule has 3 nitrogen and oxygen atoms in total. The normalized spacial score (nSPS) is 12.9. The summed E-state index contributed by atoms with van der Waals surface area (Å²) < 4.78 is 0. The van der Waals surface area contributed by atoms with Crippen molar-refractivity contribution in [3.8, 4) is 0 Å². The smallest absolute Gasteiger partial charge is 0.336 e. The van der Waals surface area contributed by atoms with Gasteiger partial charge in [-0.3, -0.25) is 0 Å². The minimum Gasteiger partial charge on any atom is -0.478 e. The van der Waals surface area contributed by atoms with Crippen LogP contribution in [0.5, 0.6) is 0 Å². The van der Waals surface area contributed by atoms with E-state index in [4.69, 9.17) is 22.4 Å². The third-order valence-corrected chi connectivity index (χ3v) is 2.56. The van der Waals surface area contributed by atoms with Crippen LogP contribution < -0.4 is 5.73 Å². The summed E-state index contributed by atoms with van der Waals surface area (Å²) in [4.78, 5) is 11.0. The number of nitrogens with two attached hydrogens (primary N) is 1. The molecular formula is C11H14ClNO2. The Morgan fingerprint density at radius 3 is 2.53 bits per heavy atom. The second-order valence-electron chi connectivity index (χ2n) is 3.81. The van der Waals surface area contributed by atoms with Crippen molar-refractivity contribution in [1.82, 2.24) is 0 Å². The number of carboxylic acid groups (broad SMARTS) is 1. The third-order valence-electron chi connectivity index (χ3n) is 2.32. The van der Waals surface area contributed by atoms with Gasteiger partial charge in [-0.2, -0.15) is 0 Å². The summed E-state index contributed by atoms with van der Waals surface area (Å²) in [5.74, 6) is -0.812. The lowest BCUT2D eigenvalue weighted by molar-refractivity contribution is 0.0695. The molecular weight excluding hydrogens is 214 g/mol. The highest BCUT2D eigenvalue weighted by Gasteiger charge is 2.18. The molecule has 4 heteroatoms. The zero-order valence-corrected chi connectivity index (χ0v) is 9.45. The van der Waals surface area contributed by atoms with Gasteiger partial charge in [0.1, 0.15) is 0 Å². The van der Waals surface area contributed by atoms with Crippen molar-refractivity contribution in [1.29, 1.82) is 0 Å². The number of hydrogen-bond acceptors (Lipinski definition) is 2. The lowest BCUT2D eigenvalue weighted by Crippen LogP contribution is -2.19. The zero-order valence-electron chi connectivity index (χ0n) is 8.70. The van der Waals surface area contributed by atoms with Crippen LogP contribution in [0.1, 0.15) is 35.8 Å². The molecule has 82 valence electrons. The van der Waals surface area contributed by atoms with Crippen LogP contribution in [0, 0.1) is 5.92 Å². The fraction of sp³-hybridized carbons (Fsp3) is 0.364. The predicted octanol–water partition coefficient (Wildman–Crippen LogP) is 2.69. The van der Waals surface area contributed by atoms with Crippen molar-refractivity contribution in [3.05, 3.63) is 34.3 Å². The molecule has 0 aromatic heterocycles. The van der Waals surface area contributed by atoms with E-state index >= 15 is 0 Å². The summed E-state index contributed by atoms with van der Waals surface area (Å²) in [5, 5.41) is 9.42. The minimum atomic E-state index is -0.997. The SMILES string of the molecule is CC(C)[C@H](N)c1ccc(Cl)cc1C(=O)O. The summed E-state index contributed by atoms with van der Waals surface area (Å²) in [6.45, 7) is 3.90. The molecule has 0 aliphatic rings. The predicted molar refractivity (Wildman–Crippen MR) is 60.2 cm³/mol. The Morgan fingerprint density at radius 2 is 2.07 bits per heavy atom. The maximum atomic E-state index is 11.0. The van der Waals surface area contributed by atoms with Gasteiger partial charge in [-0.1, -0.05) is 31.5 Å². The summed E-state index contributed by atoms with van der Waals surface area (Å²) in [6, 6.07) is 4.48. The van der Waals surface area contributed by atoms with Crippen LogP contribution >= 0.6 is 11.6 Å². The standard InChI is InChI=1S/C11H14ClNO2/c1-6(2)10(13)8-4-3-7(12)5-9(8)11(14)15/h3-6,10H,13H2,1-2H3,(H,14,15)/t10-/m0/s1. The van der Waals surface area contributed by atoms with Gasteiger partial charge in [-0.25, -0.2) is 4.79 Å². The van der Waals surface area contributed by atoms with Crippen LogP contribution in [0.3, 0.4) is 0 Å². The molecule has 1 aromatic rings. The maximum absolute atomic E-state index is 11.0. The van der Waals surface area contributed by atoms with Crippen LogP contribution in [-0.4, -0.2) is 11.1 Å². The van der Waals surface area contributed by atoms with Gasteiger partial charge in [-0.05, 0) is 23.6 Å². The van der Waals surface area contributed by atoms with Gasteiger partial charge in [0.05, 0.1) is 5.56 Å². The van der Waals surface area contributed by atoms with Crippen molar-refractivity contribution in [2.75, 3.05) is 0 Å². The van der Waals surface area contributed by atoms with Crippen LogP contribution in [-0.2, 0) is 0 Å². The first-order valence-electron chi connectivity index (χ1n) is 4.71. The molecule has 0 heterocycles. The fourth-order valence-corrected chi connectivity index (χ4v) is 1.54. The van der Waals surface area contributed by atoms with Gasteiger partial charge in [0.25, 0.3) is 0 Å². The molecule has 0 aliphatic heterocycles. The van der Waals surface area contributed by atoms with E-state index in [1.807, 2.05) is 13.8 Å². The number of benzene rings is 1. The molecule has 0 unspecified atom stereocenters. The molecule has 3 N–H and O–H groups in total. The van der Waals surface area contributed by atoms with Gasteiger partial charge in [0.2, 0.25) is 0 Å². The molecule has 0 saturated carbocycles. The van der Waals surface area contributed by atoms with E-state index in [9.17, 15) is 4.79 Å². The molecule has 0 radical (unpaired) electrons. The highest BCUT2D eigenvalue weighted by Crippen LogP contribution is 2.25. The number of carboxylic acids is 1. The van der Waals surface area contributed by atoms with Gasteiger partial charge in [-0.15, -0.1) is 0 Å². The summed E-state index contributed by atoms with van der Waals surface area (Å²) in [5.41, 5.74) is 6.73. The first-order chi connectivity index (χ1) is 6.93. The van der Waals surface area contributed by atoms with Gasteiger partial charge in [0.15, 0.2) is 0 Å². The van der Waals surface area contributed by atoms with Crippen LogP contribution in [0.2, 0.25) is 5.02 Å². The Balaban J connectivity index is 3.22. The largest absolute Gasteiger partial charge is 0.478 e. The Hall–Kier alpha value is -1.06. The lowest BCUT2D eigenvalue weighted by Gasteiger charge is -2.18. The molecule has 0 fully saturated rings. The summed E-state index contributed by atoms with van der Waals surface area (Å²) >= 11 is 5.74. The van der Waals surface area contributed by atoms with Gasteiger partial charge < -0.3 is 10.8 Å². The summed E-state index contributed by atoms with van der Waals surface area (Å²) in [7, 11) is 0. The topological polar surface area (TPSA) is 63.3 Å². The first kappa shape index (κ1) is 12.0. The minimum absolute atomic E-state index is 0.184. The van der Waals surface area contributed by atoms with Crippen molar-refractivity contribution in [2.24, 2.45) is 11.7 Å². The molecule has 1 atom stereocenters. The van der Waals surface area contributed by atoms with E-state index < -0.39 is 5.97 Å². The van der Waals surface area contributed by atoms with E-state index in [1.165, 1.54) is 6.07 Å². The van der Waals surface area contributed by atoms with Gasteiger partial charge >= 0.3 is 5.97 Å². The van der Waals surface area contributed by atoms with Crippen LogP contribution in [0.4, 0.5) is 0 Å². The number of carbonyl (C=O) groups is 1. The fourth-order valence-electron chi connectivity index (χ4n) is 1.36. The lowest BCUT2D eigenvalue weighted by atomic mass is 9.93. The molecule has 1 rings (SSSR count). The van der Waals surface area contributed by atoms with E-state index in [2.05, 4.69) is 0 Å². The quantitative estimate of drug-likeness (QED) is 0.835. The monoisotopic (exact) mass is 227 g/mol. The second-order valence-corrected chi connectivity index (χ2v) is 4.24. The van der Waals surface area contributed by atoms with Crippen LogP contribution in [0.25, 0.3) is 0 Å². The molecule has 0 aliphatic carbocycles. The van der Waals surface area contributed by atoms with E-state index in [0.29, 0.717) is 10.6 Å². The molecule has 15 heavy (non-hydrogen) atoms. The van der Waals surface area contributed by atoms with Crippen molar-refractivity contribution < 1.29 is 9.90 Å². The van der Waals surface area contributed by atoms with E-state index in [1.54, 1.807) is 12.1 Å². The highest BCUT2D eigenvalue weighted by molar-refractivity contribution is 6.30. The van der Waals surface area contributed by atoms with Crippen molar-refractivity contribution >= 4 is 17.6 Å². The molecule has 0 bridgehead atoms. The Labute approximate surface area is 93.9 Å². The van der Waals surface area contributed by atoms with Gasteiger partial charge in [0, 0.05) is 11.1 Å². The number of halogens is 1. The summed E-state index contributed by atoms with van der Waals surface area (Å²) in [6.07, 6.45) is 0. The molecule has 0 amide bonds. The first-order valence-corrected chi connectivity index (χ1v) is 5.09. The molecule has 0 saturated heterocycles. The highest BCUT2D eigenvalue weighted by atomic mass is 35.5. The average Bonchev–Trinajstić information content (AvgIpc) is 2.16. The Kier molecular flexibility index (Phi) is 3.72. The zero-order chi connectivity index (χ0) is 11.6. The van der Waals surface area contributed by atoms with E-state index in [-0.39, 0.29) is 17.5 Å². The van der Waals surface area contributed by atoms with Crippen LogP contribution in [0.15, 0.2) is 18.2 Å². The number of hydrogen-bond donors (Lipinski definition) is 2. The number of rotatable bonds is 3.